The van der Waals surface area contributed by atoms with Crippen LogP contribution in [0.2, 0.25) is 0 Å². The van der Waals surface area contributed by atoms with Crippen molar-refractivity contribution < 1.29 is 14.0 Å². The number of benzene rings is 1. The molecule has 2 aromatic rings. The minimum Gasteiger partial charge on any atom is -0.444 e. The molecule has 1 fully saturated rings. The van der Waals surface area contributed by atoms with Gasteiger partial charge in [-0.2, -0.15) is 0 Å². The topological polar surface area (TPSA) is 75.4 Å². The van der Waals surface area contributed by atoms with Crippen LogP contribution in [0.15, 0.2) is 40.9 Å². The van der Waals surface area contributed by atoms with Gasteiger partial charge in [0.2, 0.25) is 17.7 Å². The summed E-state index contributed by atoms with van der Waals surface area (Å²) in [5.74, 6) is 1.07. The van der Waals surface area contributed by atoms with Gasteiger partial charge < -0.3 is 14.6 Å². The van der Waals surface area contributed by atoms with Crippen LogP contribution in [0.25, 0.3) is 0 Å². The number of likely N-dealkylation sites (tertiary alicyclic amines) is 1. The number of nitrogens with zero attached hydrogens (tertiary/aromatic N) is 2. The van der Waals surface area contributed by atoms with Crippen LogP contribution in [0.4, 0.5) is 0 Å². The average molecular weight is 341 g/mol. The van der Waals surface area contributed by atoms with E-state index >= 15 is 0 Å². The molecule has 1 N–H and O–H groups in total. The highest BCUT2D eigenvalue weighted by atomic mass is 16.4. The highest BCUT2D eigenvalue weighted by molar-refractivity contribution is 5.82. The summed E-state index contributed by atoms with van der Waals surface area (Å²) < 4.78 is 5.36. The molecule has 1 aliphatic heterocycles. The highest BCUT2D eigenvalue weighted by Gasteiger charge is 2.28. The molecule has 1 aromatic carbocycles. The van der Waals surface area contributed by atoms with Crippen LogP contribution in [0.1, 0.15) is 30.1 Å². The number of carbonyl (C=O) groups is 2. The van der Waals surface area contributed by atoms with E-state index in [1.165, 1.54) is 0 Å². The van der Waals surface area contributed by atoms with Crippen LogP contribution < -0.4 is 5.32 Å². The summed E-state index contributed by atoms with van der Waals surface area (Å²) in [6.07, 6.45) is 3.65. The Balaban J connectivity index is 1.51. The largest absolute Gasteiger partial charge is 0.444 e. The van der Waals surface area contributed by atoms with Gasteiger partial charge in [0.15, 0.2) is 0 Å². The van der Waals surface area contributed by atoms with Crippen LogP contribution in [-0.4, -0.2) is 34.8 Å². The van der Waals surface area contributed by atoms with Crippen molar-refractivity contribution in [1.29, 1.82) is 0 Å². The van der Waals surface area contributed by atoms with Gasteiger partial charge in [-0.25, -0.2) is 4.98 Å². The van der Waals surface area contributed by atoms with Crippen molar-refractivity contribution in [3.8, 4) is 0 Å². The molecule has 1 saturated heterocycles. The molecule has 6 nitrogen and oxygen atoms in total. The van der Waals surface area contributed by atoms with Crippen molar-refractivity contribution >= 4 is 11.8 Å². The van der Waals surface area contributed by atoms with Gasteiger partial charge in [-0.1, -0.05) is 30.3 Å². The third-order valence-electron chi connectivity index (χ3n) is 4.43. The van der Waals surface area contributed by atoms with E-state index in [2.05, 4.69) is 10.3 Å². The fourth-order valence-electron chi connectivity index (χ4n) is 3.09. The van der Waals surface area contributed by atoms with Crippen molar-refractivity contribution in [2.75, 3.05) is 13.1 Å². The Morgan fingerprint density at radius 1 is 1.32 bits per heavy atom. The molecule has 25 heavy (non-hydrogen) atoms. The fraction of sp³-hybridized carbons (Fsp3) is 0.421. The number of nitrogens with one attached hydrogen (secondary N) is 1. The summed E-state index contributed by atoms with van der Waals surface area (Å²) in [6.45, 7) is 3.29. The quantitative estimate of drug-likeness (QED) is 0.903. The van der Waals surface area contributed by atoms with Crippen molar-refractivity contribution in [2.45, 2.75) is 32.7 Å². The summed E-state index contributed by atoms with van der Waals surface area (Å²) in [6, 6.07) is 9.69. The summed E-state index contributed by atoms with van der Waals surface area (Å²) >= 11 is 0. The molecule has 0 aliphatic carbocycles. The second-order valence-corrected chi connectivity index (χ2v) is 6.42. The van der Waals surface area contributed by atoms with Gasteiger partial charge in [-0.15, -0.1) is 0 Å². The van der Waals surface area contributed by atoms with E-state index < -0.39 is 0 Å². The lowest BCUT2D eigenvalue weighted by molar-refractivity contribution is -0.135. The van der Waals surface area contributed by atoms with E-state index in [9.17, 15) is 9.59 Å². The first kappa shape index (κ1) is 17.2. The minimum absolute atomic E-state index is 0.0481. The third kappa shape index (κ3) is 4.68. The predicted octanol–water partition coefficient (Wildman–Crippen LogP) is 2.08. The lowest BCUT2D eigenvalue weighted by Gasteiger charge is -2.32. The van der Waals surface area contributed by atoms with Crippen molar-refractivity contribution in [2.24, 2.45) is 5.92 Å². The zero-order valence-electron chi connectivity index (χ0n) is 14.4. The van der Waals surface area contributed by atoms with Crippen molar-refractivity contribution in [3.63, 3.8) is 0 Å². The predicted molar refractivity (Wildman–Crippen MR) is 92.5 cm³/mol. The van der Waals surface area contributed by atoms with E-state index in [0.29, 0.717) is 25.4 Å². The molecule has 0 bridgehead atoms. The van der Waals surface area contributed by atoms with Crippen LogP contribution >= 0.6 is 0 Å². The van der Waals surface area contributed by atoms with Crippen molar-refractivity contribution in [3.05, 3.63) is 53.7 Å². The van der Waals surface area contributed by atoms with Gasteiger partial charge in [-0.05, 0) is 25.3 Å². The Morgan fingerprint density at radius 2 is 2.12 bits per heavy atom. The Kier molecular flexibility index (Phi) is 5.48. The van der Waals surface area contributed by atoms with Crippen LogP contribution in [0, 0.1) is 12.8 Å². The molecule has 3 rings (SSSR count). The molecule has 132 valence electrons. The molecular weight excluding hydrogens is 318 g/mol. The van der Waals surface area contributed by atoms with E-state index in [4.69, 9.17) is 4.42 Å². The minimum atomic E-state index is -0.176. The maximum atomic E-state index is 12.5. The Bertz CT molecular complexity index is 727. The lowest BCUT2D eigenvalue weighted by atomic mass is 9.96. The second kappa shape index (κ2) is 7.96. The zero-order valence-corrected chi connectivity index (χ0v) is 14.4. The summed E-state index contributed by atoms with van der Waals surface area (Å²) in [5, 5.41) is 2.86. The van der Waals surface area contributed by atoms with E-state index in [-0.39, 0.29) is 24.3 Å². The number of hydrogen-bond acceptors (Lipinski definition) is 4. The molecule has 0 unspecified atom stereocenters. The van der Waals surface area contributed by atoms with Gasteiger partial charge in [0.25, 0.3) is 0 Å². The molecule has 0 radical (unpaired) electrons. The SMILES string of the molecule is Cc1cnc(CNC(=O)[C@@H]2CCCN(C(=O)Cc3ccccc3)C2)o1. The number of aryl methyl sites for hydroxylation is 1. The number of carbonyl (C=O) groups excluding carboxylic acids is 2. The first-order valence-electron chi connectivity index (χ1n) is 8.62. The molecule has 1 aromatic heterocycles. The molecule has 6 heteroatoms. The molecule has 1 aliphatic rings. The Hall–Kier alpha value is -2.63. The van der Waals surface area contributed by atoms with Gasteiger partial charge in [0.1, 0.15) is 5.76 Å². The van der Waals surface area contributed by atoms with Gasteiger partial charge in [-0.3, -0.25) is 9.59 Å². The average Bonchev–Trinajstić information content (AvgIpc) is 3.06. The molecular formula is C19H23N3O3. The summed E-state index contributed by atoms with van der Waals surface area (Å²) in [7, 11) is 0. The van der Waals surface area contributed by atoms with Gasteiger partial charge >= 0.3 is 0 Å². The normalized spacial score (nSPS) is 17.3. The standard InChI is InChI=1S/C19H23N3O3/c1-14-11-20-17(25-14)12-21-19(24)16-8-5-9-22(13-16)18(23)10-15-6-3-2-4-7-15/h2-4,6-7,11,16H,5,8-10,12-13H2,1H3,(H,21,24)/t16-/m1/s1. The van der Waals surface area contributed by atoms with Gasteiger partial charge in [0, 0.05) is 13.1 Å². The number of hydrogen-bond donors (Lipinski definition) is 1. The monoisotopic (exact) mass is 341 g/mol. The first-order chi connectivity index (χ1) is 12.1. The second-order valence-electron chi connectivity index (χ2n) is 6.42. The number of aromatic nitrogens is 1. The molecule has 1 atom stereocenters. The van der Waals surface area contributed by atoms with Gasteiger partial charge in [0.05, 0.1) is 25.1 Å². The van der Waals surface area contributed by atoms with Crippen molar-refractivity contribution in [1.82, 2.24) is 15.2 Å². The lowest BCUT2D eigenvalue weighted by Crippen LogP contribution is -2.45. The molecule has 2 heterocycles. The first-order valence-corrected chi connectivity index (χ1v) is 8.62. The van der Waals surface area contributed by atoms with Crippen LogP contribution in [0.3, 0.4) is 0 Å². The highest BCUT2D eigenvalue weighted by Crippen LogP contribution is 2.18. The molecule has 0 spiro atoms. The Morgan fingerprint density at radius 3 is 2.84 bits per heavy atom. The maximum Gasteiger partial charge on any atom is 0.227 e. The summed E-state index contributed by atoms with van der Waals surface area (Å²) in [4.78, 5) is 30.8. The van der Waals surface area contributed by atoms with E-state index in [0.717, 1.165) is 24.2 Å². The molecule has 0 saturated carbocycles. The molecule has 2 amide bonds. The smallest absolute Gasteiger partial charge is 0.227 e. The number of amides is 2. The zero-order chi connectivity index (χ0) is 17.6. The number of piperidine rings is 1. The van der Waals surface area contributed by atoms with Crippen LogP contribution in [0.5, 0.6) is 0 Å². The van der Waals surface area contributed by atoms with Crippen LogP contribution in [-0.2, 0) is 22.6 Å². The van der Waals surface area contributed by atoms with E-state index in [1.807, 2.05) is 37.3 Å². The maximum absolute atomic E-state index is 12.5. The van der Waals surface area contributed by atoms with E-state index in [1.54, 1.807) is 11.1 Å². The third-order valence-corrected chi connectivity index (χ3v) is 4.43. The summed E-state index contributed by atoms with van der Waals surface area (Å²) in [5.41, 5.74) is 0.998. The Labute approximate surface area is 147 Å². The number of rotatable bonds is 5. The number of oxazole rings is 1. The fourth-order valence-corrected chi connectivity index (χ4v) is 3.09.